The van der Waals surface area contributed by atoms with E-state index >= 15 is 0 Å². The van der Waals surface area contributed by atoms with E-state index in [-0.39, 0.29) is 4.90 Å². The Morgan fingerprint density at radius 3 is 2.60 bits per heavy atom. The fraction of sp³-hybridized carbons (Fsp3) is 0.643. The first kappa shape index (κ1) is 15.3. The number of hydrogen-bond acceptors (Lipinski definition) is 4. The van der Waals surface area contributed by atoms with Gasteiger partial charge in [0, 0.05) is 25.8 Å². The summed E-state index contributed by atoms with van der Waals surface area (Å²) in [5, 5.41) is 3.03. The Bertz CT molecular complexity index is 549. The predicted molar refractivity (Wildman–Crippen MR) is 80.1 cm³/mol. The van der Waals surface area contributed by atoms with Crippen LogP contribution in [0.3, 0.4) is 0 Å². The summed E-state index contributed by atoms with van der Waals surface area (Å²) in [5.41, 5.74) is 0. The van der Waals surface area contributed by atoms with Gasteiger partial charge in [0.15, 0.2) is 0 Å². The zero-order valence-corrected chi connectivity index (χ0v) is 13.2. The molecule has 112 valence electrons. The number of aromatic nitrogens is 1. The van der Waals surface area contributed by atoms with E-state index in [4.69, 9.17) is 0 Å². The number of piperidine rings is 1. The molecule has 0 aromatic carbocycles. The third-order valence-electron chi connectivity index (χ3n) is 3.57. The first-order chi connectivity index (χ1) is 9.45. The lowest BCUT2D eigenvalue weighted by molar-refractivity contribution is 0.222. The second kappa shape index (κ2) is 6.10. The Labute approximate surface area is 121 Å². The van der Waals surface area contributed by atoms with E-state index in [2.05, 4.69) is 24.1 Å². The van der Waals surface area contributed by atoms with Crippen molar-refractivity contribution >= 4 is 15.8 Å². The van der Waals surface area contributed by atoms with Crippen molar-refractivity contribution in [2.45, 2.75) is 32.1 Å². The Balaban J connectivity index is 2.35. The normalized spacial score (nSPS) is 24.6. The van der Waals surface area contributed by atoms with Crippen LogP contribution in [-0.2, 0) is 10.0 Å². The van der Waals surface area contributed by atoms with Gasteiger partial charge in [0.05, 0.1) is 0 Å². The van der Waals surface area contributed by atoms with Crippen LogP contribution in [-0.4, -0.2) is 37.3 Å². The second-order valence-electron chi connectivity index (χ2n) is 5.65. The molecule has 1 fully saturated rings. The van der Waals surface area contributed by atoms with Crippen molar-refractivity contribution in [3.63, 3.8) is 0 Å². The molecule has 2 heterocycles. The van der Waals surface area contributed by atoms with Gasteiger partial charge in [-0.05, 0) is 37.3 Å². The summed E-state index contributed by atoms with van der Waals surface area (Å²) in [4.78, 5) is 4.43. The van der Waals surface area contributed by atoms with Gasteiger partial charge >= 0.3 is 0 Å². The highest BCUT2D eigenvalue weighted by Gasteiger charge is 2.33. The molecule has 2 unspecified atom stereocenters. The van der Waals surface area contributed by atoms with E-state index in [1.165, 1.54) is 0 Å². The van der Waals surface area contributed by atoms with E-state index in [9.17, 15) is 8.42 Å². The minimum Gasteiger partial charge on any atom is -0.369 e. The lowest BCUT2D eigenvalue weighted by Crippen LogP contribution is -2.42. The van der Waals surface area contributed by atoms with Crippen LogP contribution in [0.15, 0.2) is 23.2 Å². The van der Waals surface area contributed by atoms with Crippen molar-refractivity contribution < 1.29 is 8.42 Å². The van der Waals surface area contributed by atoms with Gasteiger partial charge in [-0.1, -0.05) is 13.8 Å². The Morgan fingerprint density at radius 1 is 1.35 bits per heavy atom. The summed E-state index contributed by atoms with van der Waals surface area (Å²) in [6.07, 6.45) is 2.69. The number of nitrogens with zero attached hydrogens (tertiary/aromatic N) is 2. The van der Waals surface area contributed by atoms with Crippen LogP contribution in [0.25, 0.3) is 0 Å². The zero-order valence-electron chi connectivity index (χ0n) is 12.3. The van der Waals surface area contributed by atoms with Crippen molar-refractivity contribution in [3.05, 3.63) is 18.3 Å². The van der Waals surface area contributed by atoms with Crippen LogP contribution in [0, 0.1) is 11.8 Å². The average molecular weight is 297 g/mol. The fourth-order valence-corrected chi connectivity index (χ4v) is 4.64. The van der Waals surface area contributed by atoms with Gasteiger partial charge < -0.3 is 5.32 Å². The summed E-state index contributed by atoms with van der Waals surface area (Å²) in [6, 6.07) is 3.30. The first-order valence-electron chi connectivity index (χ1n) is 7.14. The Kier molecular flexibility index (Phi) is 4.65. The van der Waals surface area contributed by atoms with Crippen molar-refractivity contribution in [2.24, 2.45) is 11.8 Å². The van der Waals surface area contributed by atoms with Crippen LogP contribution in [0.2, 0.25) is 0 Å². The summed E-state index contributed by atoms with van der Waals surface area (Å²) in [6.45, 7) is 7.96. The third kappa shape index (κ3) is 3.12. The van der Waals surface area contributed by atoms with Crippen molar-refractivity contribution in [1.82, 2.24) is 9.29 Å². The number of nitrogens with one attached hydrogen (secondary N) is 1. The van der Waals surface area contributed by atoms with Crippen molar-refractivity contribution in [2.75, 3.05) is 25.0 Å². The van der Waals surface area contributed by atoms with Gasteiger partial charge in [0.2, 0.25) is 10.0 Å². The standard InChI is InChI=1S/C14H23N3O2S/c1-4-15-14-13(6-5-7-16-14)20(18,19)17-9-11(2)8-12(3)10-17/h5-7,11-12H,4,8-10H2,1-3H3,(H,15,16). The summed E-state index contributed by atoms with van der Waals surface area (Å²) >= 11 is 0. The van der Waals surface area contributed by atoms with E-state index in [0.29, 0.717) is 37.3 Å². The number of rotatable bonds is 4. The molecule has 0 saturated carbocycles. The van der Waals surface area contributed by atoms with E-state index in [1.807, 2.05) is 6.92 Å². The fourth-order valence-electron chi connectivity index (χ4n) is 2.84. The van der Waals surface area contributed by atoms with Gasteiger partial charge in [-0.2, -0.15) is 4.31 Å². The molecule has 1 aliphatic rings. The Morgan fingerprint density at radius 2 is 2.00 bits per heavy atom. The quantitative estimate of drug-likeness (QED) is 0.925. The van der Waals surface area contributed by atoms with Crippen molar-refractivity contribution in [1.29, 1.82) is 0 Å². The van der Waals surface area contributed by atoms with Gasteiger partial charge in [0.1, 0.15) is 10.7 Å². The van der Waals surface area contributed by atoms with Crippen LogP contribution < -0.4 is 5.32 Å². The maximum atomic E-state index is 12.8. The molecule has 6 heteroatoms. The Hall–Kier alpha value is -1.14. The SMILES string of the molecule is CCNc1ncccc1S(=O)(=O)N1CC(C)CC(C)C1. The van der Waals surface area contributed by atoms with Gasteiger partial charge in [-0.3, -0.25) is 0 Å². The molecule has 0 bridgehead atoms. The maximum Gasteiger partial charge on any atom is 0.246 e. The molecule has 1 aliphatic heterocycles. The lowest BCUT2D eigenvalue weighted by atomic mass is 9.94. The molecule has 2 atom stereocenters. The number of anilines is 1. The summed E-state index contributed by atoms with van der Waals surface area (Å²) in [5.74, 6) is 1.24. The van der Waals surface area contributed by atoms with E-state index < -0.39 is 10.0 Å². The lowest BCUT2D eigenvalue weighted by Gasteiger charge is -2.34. The molecular formula is C14H23N3O2S. The number of hydrogen-bond donors (Lipinski definition) is 1. The van der Waals surface area contributed by atoms with Crippen LogP contribution in [0.1, 0.15) is 27.2 Å². The molecule has 0 amide bonds. The molecule has 2 rings (SSSR count). The maximum absolute atomic E-state index is 12.8. The third-order valence-corrected chi connectivity index (χ3v) is 5.43. The minimum atomic E-state index is -3.47. The van der Waals surface area contributed by atoms with Crippen molar-refractivity contribution in [3.8, 4) is 0 Å². The highest BCUT2D eigenvalue weighted by Crippen LogP contribution is 2.28. The highest BCUT2D eigenvalue weighted by atomic mass is 32.2. The molecule has 0 aliphatic carbocycles. The van der Waals surface area contributed by atoms with Crippen LogP contribution >= 0.6 is 0 Å². The largest absolute Gasteiger partial charge is 0.369 e. The molecule has 20 heavy (non-hydrogen) atoms. The molecular weight excluding hydrogens is 274 g/mol. The monoisotopic (exact) mass is 297 g/mol. The summed E-state index contributed by atoms with van der Waals surface area (Å²) < 4.78 is 27.2. The number of sulfonamides is 1. The van der Waals surface area contributed by atoms with E-state index in [1.54, 1.807) is 22.6 Å². The first-order valence-corrected chi connectivity index (χ1v) is 8.58. The van der Waals surface area contributed by atoms with Gasteiger partial charge in [-0.15, -0.1) is 0 Å². The van der Waals surface area contributed by atoms with Gasteiger partial charge in [0.25, 0.3) is 0 Å². The molecule has 1 N–H and O–H groups in total. The van der Waals surface area contributed by atoms with E-state index in [0.717, 1.165) is 6.42 Å². The molecule has 5 nitrogen and oxygen atoms in total. The molecule has 1 saturated heterocycles. The second-order valence-corrected chi connectivity index (χ2v) is 7.55. The molecule has 1 aromatic rings. The topological polar surface area (TPSA) is 62.3 Å². The predicted octanol–water partition coefficient (Wildman–Crippen LogP) is 2.18. The van der Waals surface area contributed by atoms with Crippen LogP contribution in [0.5, 0.6) is 0 Å². The molecule has 0 spiro atoms. The average Bonchev–Trinajstić information content (AvgIpc) is 2.38. The molecule has 1 aromatic heterocycles. The van der Waals surface area contributed by atoms with Gasteiger partial charge in [-0.25, -0.2) is 13.4 Å². The zero-order chi connectivity index (χ0) is 14.8. The highest BCUT2D eigenvalue weighted by molar-refractivity contribution is 7.89. The van der Waals surface area contributed by atoms with Crippen LogP contribution in [0.4, 0.5) is 5.82 Å². The summed E-state index contributed by atoms with van der Waals surface area (Å²) in [7, 11) is -3.47. The molecule has 0 radical (unpaired) electrons. The minimum absolute atomic E-state index is 0.281. The number of pyridine rings is 1. The smallest absolute Gasteiger partial charge is 0.246 e.